The molecule has 35 heavy (non-hydrogen) atoms. The monoisotopic (exact) mass is 476 g/mol. The number of alkyl carbamates (subject to hydrolysis) is 1. The number of carbonyl (C=O) groups is 1. The highest BCUT2D eigenvalue weighted by molar-refractivity contribution is 5.91. The highest BCUT2D eigenvalue weighted by atomic mass is 16.6. The molecule has 1 heterocycles. The Bertz CT molecular complexity index is 1060. The number of hydrogen-bond acceptors (Lipinski definition) is 6. The molecule has 2 aromatic carbocycles. The molecule has 186 valence electrons. The summed E-state index contributed by atoms with van der Waals surface area (Å²) in [5.74, 6) is 1.10. The topological polar surface area (TPSA) is 98.0 Å². The van der Waals surface area contributed by atoms with Gasteiger partial charge in [-0.1, -0.05) is 36.4 Å². The van der Waals surface area contributed by atoms with E-state index in [0.717, 1.165) is 72.4 Å². The predicted octanol–water partition coefficient (Wildman–Crippen LogP) is 4.76. The van der Waals surface area contributed by atoms with Gasteiger partial charge in [0.15, 0.2) is 0 Å². The number of allylic oxidation sites excluding steroid dienone is 1. The summed E-state index contributed by atoms with van der Waals surface area (Å²) >= 11 is 0. The molecule has 0 saturated heterocycles. The zero-order valence-electron chi connectivity index (χ0n) is 20.7. The normalized spacial score (nSPS) is 20.0. The summed E-state index contributed by atoms with van der Waals surface area (Å²) in [6.07, 6.45) is 4.86. The summed E-state index contributed by atoms with van der Waals surface area (Å²) in [6, 6.07) is 16.3. The molecule has 1 saturated carbocycles. The van der Waals surface area contributed by atoms with Gasteiger partial charge in [-0.25, -0.2) is 4.79 Å². The summed E-state index contributed by atoms with van der Waals surface area (Å²) < 4.78 is 11.0. The minimum absolute atomic E-state index is 0.0764. The first-order valence-corrected chi connectivity index (χ1v) is 12.5. The minimum Gasteiger partial charge on any atom is -0.497 e. The van der Waals surface area contributed by atoms with Crippen molar-refractivity contribution in [3.8, 4) is 5.75 Å². The van der Waals surface area contributed by atoms with Gasteiger partial charge < -0.3 is 20.5 Å². The second-order valence-electron chi connectivity index (χ2n) is 9.24. The lowest BCUT2D eigenvalue weighted by Gasteiger charge is -2.32. The van der Waals surface area contributed by atoms with Crippen LogP contribution in [-0.2, 0) is 17.7 Å². The maximum Gasteiger partial charge on any atom is 0.407 e. The van der Waals surface area contributed by atoms with Crippen LogP contribution in [0.15, 0.2) is 59.2 Å². The van der Waals surface area contributed by atoms with Gasteiger partial charge in [-0.15, -0.1) is 0 Å². The molecule has 0 aromatic heterocycles. The van der Waals surface area contributed by atoms with Crippen molar-refractivity contribution in [2.75, 3.05) is 13.7 Å². The van der Waals surface area contributed by atoms with E-state index in [1.165, 1.54) is 5.57 Å². The number of nitrogens with one attached hydrogen (secondary N) is 2. The number of carbonyl (C=O) groups excluding carboxylic acids is 1. The van der Waals surface area contributed by atoms with E-state index in [9.17, 15) is 4.79 Å². The molecule has 0 bridgehead atoms. The first kappa shape index (κ1) is 24.8. The molecule has 1 fully saturated rings. The first-order chi connectivity index (χ1) is 17.1. The van der Waals surface area contributed by atoms with E-state index >= 15 is 0 Å². The molecule has 7 nitrogen and oxygen atoms in total. The smallest absolute Gasteiger partial charge is 0.407 e. The number of hydrogen-bond donors (Lipinski definition) is 3. The molecule has 4 rings (SSSR count). The average Bonchev–Trinajstić information content (AvgIpc) is 2.87. The summed E-state index contributed by atoms with van der Waals surface area (Å²) in [7, 11) is 1.65. The third kappa shape index (κ3) is 6.42. The molecule has 2 aromatic rings. The van der Waals surface area contributed by atoms with Crippen molar-refractivity contribution in [2.24, 2.45) is 16.8 Å². The van der Waals surface area contributed by atoms with Gasteiger partial charge in [0.25, 0.3) is 0 Å². The van der Waals surface area contributed by atoms with Crippen LogP contribution in [0, 0.1) is 5.92 Å². The van der Waals surface area contributed by atoms with Gasteiger partial charge in [0.1, 0.15) is 11.9 Å². The largest absolute Gasteiger partial charge is 0.497 e. The Morgan fingerprint density at radius 2 is 1.83 bits per heavy atom. The molecule has 1 aliphatic carbocycles. The van der Waals surface area contributed by atoms with Gasteiger partial charge in [-0.3, -0.25) is 5.43 Å². The van der Waals surface area contributed by atoms with Crippen molar-refractivity contribution in [1.82, 2.24) is 10.7 Å². The molecule has 0 radical (unpaired) electrons. The molecule has 7 heteroatoms. The van der Waals surface area contributed by atoms with Crippen LogP contribution >= 0.6 is 0 Å². The standard InChI is InChI=1S/C28H36N4O3/c1-19-25-15-14-24(35-28(33)30-17-16-20-8-12-23(34-2)13-9-20)4-3-5-26(25)27(32-31-19)22-10-6-21(18-29)7-11-22/h6-13,24-25,32H,3-5,14-18,29H2,1-2H3,(H,30,33). The SMILES string of the molecule is COc1ccc(CCNC(=O)OC2CCCC3=C(c4ccc(CN)cc4)NN=C(C)C3CC2)cc1. The Morgan fingerprint density at radius 3 is 2.54 bits per heavy atom. The fourth-order valence-corrected chi connectivity index (χ4v) is 4.89. The van der Waals surface area contributed by atoms with Crippen molar-refractivity contribution in [1.29, 1.82) is 0 Å². The highest BCUT2D eigenvalue weighted by Gasteiger charge is 2.29. The van der Waals surface area contributed by atoms with E-state index in [1.807, 2.05) is 24.3 Å². The quantitative estimate of drug-likeness (QED) is 0.535. The number of methoxy groups -OCH3 is 1. The van der Waals surface area contributed by atoms with Crippen LogP contribution in [0.5, 0.6) is 5.75 Å². The van der Waals surface area contributed by atoms with Gasteiger partial charge in [0, 0.05) is 24.7 Å². The van der Waals surface area contributed by atoms with E-state index < -0.39 is 0 Å². The number of nitrogens with zero attached hydrogens (tertiary/aromatic N) is 1. The molecule has 4 N–H and O–H groups in total. The number of nitrogens with two attached hydrogens (primary N) is 1. The zero-order valence-corrected chi connectivity index (χ0v) is 20.7. The van der Waals surface area contributed by atoms with Crippen LogP contribution < -0.4 is 21.2 Å². The number of amides is 1. The van der Waals surface area contributed by atoms with Crippen molar-refractivity contribution in [3.63, 3.8) is 0 Å². The Labute approximate surface area is 207 Å². The molecule has 2 aliphatic rings. The minimum atomic E-state index is -0.337. The molecule has 2 unspecified atom stereocenters. The molecular weight excluding hydrogens is 440 g/mol. The fourth-order valence-electron chi connectivity index (χ4n) is 4.89. The van der Waals surface area contributed by atoms with E-state index in [2.05, 4.69) is 47.0 Å². The van der Waals surface area contributed by atoms with Crippen LogP contribution in [0.25, 0.3) is 5.70 Å². The maximum atomic E-state index is 12.4. The third-order valence-electron chi connectivity index (χ3n) is 6.93. The van der Waals surface area contributed by atoms with Crippen molar-refractivity contribution in [2.45, 2.75) is 58.1 Å². The molecular formula is C28H36N4O3. The van der Waals surface area contributed by atoms with E-state index in [4.69, 9.17) is 15.2 Å². The third-order valence-corrected chi connectivity index (χ3v) is 6.93. The van der Waals surface area contributed by atoms with Crippen molar-refractivity contribution in [3.05, 3.63) is 70.8 Å². The van der Waals surface area contributed by atoms with Crippen molar-refractivity contribution >= 4 is 17.5 Å². The van der Waals surface area contributed by atoms with Crippen LogP contribution in [0.2, 0.25) is 0 Å². The number of fused-ring (bicyclic) bond motifs is 1. The average molecular weight is 477 g/mol. The lowest BCUT2D eigenvalue weighted by atomic mass is 9.80. The maximum absolute atomic E-state index is 12.4. The van der Waals surface area contributed by atoms with E-state index in [0.29, 0.717) is 13.1 Å². The Hall–Kier alpha value is -3.32. The molecule has 0 spiro atoms. The van der Waals surface area contributed by atoms with Gasteiger partial charge in [-0.05, 0) is 79.8 Å². The lowest BCUT2D eigenvalue weighted by molar-refractivity contribution is 0.0822. The van der Waals surface area contributed by atoms with Gasteiger partial charge in [0.05, 0.1) is 12.8 Å². The predicted molar refractivity (Wildman–Crippen MR) is 139 cm³/mol. The fraction of sp³-hybridized carbons (Fsp3) is 0.429. The summed E-state index contributed by atoms with van der Waals surface area (Å²) in [6.45, 7) is 3.16. The van der Waals surface area contributed by atoms with Gasteiger partial charge in [0.2, 0.25) is 0 Å². The zero-order chi connectivity index (χ0) is 24.6. The number of hydrazone groups is 1. The van der Waals surface area contributed by atoms with Crippen molar-refractivity contribution < 1.29 is 14.3 Å². The van der Waals surface area contributed by atoms with Gasteiger partial charge in [-0.2, -0.15) is 5.10 Å². The summed E-state index contributed by atoms with van der Waals surface area (Å²) in [5.41, 5.74) is 16.1. The van der Waals surface area contributed by atoms with Crippen LogP contribution in [-0.4, -0.2) is 31.6 Å². The van der Waals surface area contributed by atoms with Crippen LogP contribution in [0.4, 0.5) is 4.79 Å². The number of ether oxygens (including phenoxy) is 2. The van der Waals surface area contributed by atoms with E-state index in [-0.39, 0.29) is 18.1 Å². The first-order valence-electron chi connectivity index (χ1n) is 12.5. The van der Waals surface area contributed by atoms with E-state index in [1.54, 1.807) is 7.11 Å². The number of rotatable bonds is 7. The van der Waals surface area contributed by atoms with Crippen LogP contribution in [0.3, 0.4) is 0 Å². The highest BCUT2D eigenvalue weighted by Crippen LogP contribution is 2.36. The van der Waals surface area contributed by atoms with Gasteiger partial charge >= 0.3 is 6.09 Å². The second-order valence-corrected chi connectivity index (χ2v) is 9.24. The van der Waals surface area contributed by atoms with Crippen LogP contribution in [0.1, 0.15) is 55.7 Å². The summed E-state index contributed by atoms with van der Waals surface area (Å²) in [5, 5.41) is 7.51. The molecule has 1 amide bonds. The Morgan fingerprint density at radius 1 is 1.09 bits per heavy atom. The molecule has 2 atom stereocenters. The number of benzene rings is 2. The molecule has 1 aliphatic heterocycles. The lowest BCUT2D eigenvalue weighted by Crippen LogP contribution is -2.33. The second kappa shape index (κ2) is 11.9. The summed E-state index contributed by atoms with van der Waals surface area (Å²) in [4.78, 5) is 12.4. The Kier molecular flexibility index (Phi) is 8.42. The Balaban J connectivity index is 1.32.